The van der Waals surface area contributed by atoms with Crippen LogP contribution in [0.3, 0.4) is 0 Å². The van der Waals surface area contributed by atoms with E-state index in [-0.39, 0.29) is 0 Å². The van der Waals surface area contributed by atoms with E-state index in [9.17, 15) is 0 Å². The summed E-state index contributed by atoms with van der Waals surface area (Å²) in [5, 5.41) is 3.99. The average Bonchev–Trinajstić information content (AvgIpc) is 2.36. The summed E-state index contributed by atoms with van der Waals surface area (Å²) < 4.78 is 0. The summed E-state index contributed by atoms with van der Waals surface area (Å²) in [7, 11) is 0. The maximum Gasteiger partial charge on any atom is 0.126 e. The summed E-state index contributed by atoms with van der Waals surface area (Å²) in [6, 6.07) is 6.88. The Kier molecular flexibility index (Phi) is 4.89. The zero-order valence-corrected chi connectivity index (χ0v) is 12.3. The van der Waals surface area contributed by atoms with E-state index in [0.717, 1.165) is 24.2 Å². The van der Waals surface area contributed by atoms with Crippen LogP contribution in [0, 0.1) is 0 Å². The van der Waals surface area contributed by atoms with E-state index in [1.807, 2.05) is 6.07 Å². The van der Waals surface area contributed by atoms with Crippen LogP contribution in [0.1, 0.15) is 26.5 Å². The normalized spacial score (nSPS) is 25.1. The Labute approximate surface area is 114 Å². The zero-order valence-electron chi connectivity index (χ0n) is 11.5. The topological polar surface area (TPSA) is 28.2 Å². The molecule has 18 heavy (non-hydrogen) atoms. The highest BCUT2D eigenvalue weighted by Gasteiger charge is 2.25. The van der Waals surface area contributed by atoms with Crippen LogP contribution in [-0.4, -0.2) is 40.0 Å². The van der Waals surface area contributed by atoms with Crippen LogP contribution in [0.15, 0.2) is 18.2 Å². The predicted molar refractivity (Wildman–Crippen MR) is 80.2 cm³/mol. The minimum atomic E-state index is 0.633. The van der Waals surface area contributed by atoms with Crippen molar-refractivity contribution < 1.29 is 0 Å². The van der Waals surface area contributed by atoms with Crippen LogP contribution in [0.5, 0.6) is 0 Å². The van der Waals surface area contributed by atoms with Crippen molar-refractivity contribution in [3.8, 4) is 0 Å². The lowest BCUT2D eigenvalue weighted by atomic mass is 10.2. The Balaban J connectivity index is 2.01. The molecule has 1 fully saturated rings. The van der Waals surface area contributed by atoms with Crippen molar-refractivity contribution in [2.45, 2.75) is 38.6 Å². The van der Waals surface area contributed by atoms with Gasteiger partial charge in [0.25, 0.3) is 0 Å². The van der Waals surface area contributed by atoms with Gasteiger partial charge >= 0.3 is 0 Å². The van der Waals surface area contributed by atoms with E-state index < -0.39 is 0 Å². The molecule has 4 heteroatoms. The Morgan fingerprint density at radius 1 is 1.44 bits per heavy atom. The molecule has 2 unspecified atom stereocenters. The Morgan fingerprint density at radius 3 is 3.06 bits per heavy atom. The highest BCUT2D eigenvalue weighted by molar-refractivity contribution is 8.00. The second-order valence-electron chi connectivity index (χ2n) is 4.83. The smallest absolute Gasteiger partial charge is 0.126 e. The molecule has 1 aromatic rings. The molecular formula is C14H23N3S. The molecule has 100 valence electrons. The molecule has 1 saturated heterocycles. The number of nitrogens with one attached hydrogen (secondary N) is 1. The predicted octanol–water partition coefficient (Wildman–Crippen LogP) is 2.84. The van der Waals surface area contributed by atoms with Crippen molar-refractivity contribution in [3.63, 3.8) is 0 Å². The number of thioether (sulfide) groups is 1. The highest BCUT2D eigenvalue weighted by atomic mass is 32.2. The Morgan fingerprint density at radius 2 is 2.28 bits per heavy atom. The van der Waals surface area contributed by atoms with Crippen LogP contribution < -0.4 is 5.32 Å². The van der Waals surface area contributed by atoms with E-state index in [1.165, 1.54) is 18.0 Å². The number of nitrogens with zero attached hydrogens (tertiary/aromatic N) is 2. The lowest BCUT2D eigenvalue weighted by Crippen LogP contribution is -2.44. The molecule has 0 radical (unpaired) electrons. The van der Waals surface area contributed by atoms with Gasteiger partial charge in [0.15, 0.2) is 0 Å². The third kappa shape index (κ3) is 3.39. The number of anilines is 1. The Bertz CT molecular complexity index is 383. The largest absolute Gasteiger partial charge is 0.370 e. The third-order valence-electron chi connectivity index (χ3n) is 3.54. The first-order valence-corrected chi connectivity index (χ1v) is 7.81. The van der Waals surface area contributed by atoms with Gasteiger partial charge in [-0.3, -0.25) is 4.90 Å². The number of pyridine rings is 1. The monoisotopic (exact) mass is 265 g/mol. The van der Waals surface area contributed by atoms with Crippen LogP contribution in [-0.2, 0) is 6.54 Å². The molecule has 3 nitrogen and oxygen atoms in total. The maximum atomic E-state index is 4.66. The molecule has 1 aromatic heterocycles. The molecule has 0 bridgehead atoms. The SMILES string of the molecule is CCNc1cccc(CN2CCSC(C)C2C)n1. The summed E-state index contributed by atoms with van der Waals surface area (Å²) in [5.41, 5.74) is 1.17. The zero-order chi connectivity index (χ0) is 13.0. The van der Waals surface area contributed by atoms with Crippen molar-refractivity contribution in [1.29, 1.82) is 0 Å². The molecule has 0 aromatic carbocycles. The summed E-state index contributed by atoms with van der Waals surface area (Å²) in [4.78, 5) is 7.20. The minimum absolute atomic E-state index is 0.633. The van der Waals surface area contributed by atoms with E-state index in [2.05, 4.69) is 59.9 Å². The van der Waals surface area contributed by atoms with E-state index in [4.69, 9.17) is 0 Å². The van der Waals surface area contributed by atoms with Gasteiger partial charge in [0.2, 0.25) is 0 Å². The van der Waals surface area contributed by atoms with Crippen molar-refractivity contribution in [1.82, 2.24) is 9.88 Å². The van der Waals surface area contributed by atoms with E-state index in [0.29, 0.717) is 6.04 Å². The van der Waals surface area contributed by atoms with Gasteiger partial charge in [-0.1, -0.05) is 13.0 Å². The van der Waals surface area contributed by atoms with Gasteiger partial charge in [0, 0.05) is 36.7 Å². The number of hydrogen-bond donors (Lipinski definition) is 1. The fourth-order valence-corrected chi connectivity index (χ4v) is 3.44. The molecule has 0 saturated carbocycles. The van der Waals surface area contributed by atoms with Gasteiger partial charge in [-0.15, -0.1) is 0 Å². The van der Waals surface area contributed by atoms with Crippen molar-refractivity contribution >= 4 is 17.6 Å². The molecular weight excluding hydrogens is 242 g/mol. The first kappa shape index (κ1) is 13.7. The Hall–Kier alpha value is -0.740. The molecule has 2 rings (SSSR count). The fraction of sp³-hybridized carbons (Fsp3) is 0.643. The summed E-state index contributed by atoms with van der Waals surface area (Å²) in [5.74, 6) is 2.22. The van der Waals surface area contributed by atoms with Gasteiger partial charge in [0.1, 0.15) is 5.82 Å². The van der Waals surface area contributed by atoms with Crippen LogP contribution in [0.4, 0.5) is 5.82 Å². The fourth-order valence-electron chi connectivity index (χ4n) is 2.27. The van der Waals surface area contributed by atoms with E-state index in [1.54, 1.807) is 0 Å². The molecule has 1 N–H and O–H groups in total. The molecule has 2 atom stereocenters. The van der Waals surface area contributed by atoms with Crippen LogP contribution >= 0.6 is 11.8 Å². The first-order chi connectivity index (χ1) is 8.70. The number of hydrogen-bond acceptors (Lipinski definition) is 4. The summed E-state index contributed by atoms with van der Waals surface area (Å²) in [6.45, 7) is 9.80. The van der Waals surface area contributed by atoms with Crippen molar-refractivity contribution in [2.75, 3.05) is 24.2 Å². The van der Waals surface area contributed by atoms with Crippen LogP contribution in [0.25, 0.3) is 0 Å². The summed E-state index contributed by atoms with van der Waals surface area (Å²) >= 11 is 2.08. The summed E-state index contributed by atoms with van der Waals surface area (Å²) in [6.07, 6.45) is 0. The third-order valence-corrected chi connectivity index (χ3v) is 4.88. The molecule has 0 aliphatic carbocycles. The average molecular weight is 265 g/mol. The molecule has 1 aliphatic rings. The highest BCUT2D eigenvalue weighted by Crippen LogP contribution is 2.25. The standard InChI is InChI=1S/C14H23N3S/c1-4-15-14-7-5-6-13(16-14)10-17-8-9-18-12(3)11(17)2/h5-7,11-12H,4,8-10H2,1-3H3,(H,15,16). The number of aromatic nitrogens is 1. The van der Waals surface area contributed by atoms with Gasteiger partial charge < -0.3 is 5.32 Å². The minimum Gasteiger partial charge on any atom is -0.370 e. The van der Waals surface area contributed by atoms with Gasteiger partial charge in [-0.2, -0.15) is 11.8 Å². The van der Waals surface area contributed by atoms with Gasteiger partial charge in [-0.25, -0.2) is 4.98 Å². The van der Waals surface area contributed by atoms with Crippen molar-refractivity contribution in [2.24, 2.45) is 0 Å². The second-order valence-corrected chi connectivity index (χ2v) is 6.32. The van der Waals surface area contributed by atoms with Crippen molar-refractivity contribution in [3.05, 3.63) is 23.9 Å². The van der Waals surface area contributed by atoms with Gasteiger partial charge in [-0.05, 0) is 26.0 Å². The molecule has 2 heterocycles. The first-order valence-electron chi connectivity index (χ1n) is 6.76. The van der Waals surface area contributed by atoms with E-state index >= 15 is 0 Å². The lowest BCUT2D eigenvalue weighted by Gasteiger charge is -2.37. The molecule has 1 aliphatic heterocycles. The van der Waals surface area contributed by atoms with Crippen LogP contribution in [0.2, 0.25) is 0 Å². The molecule has 0 amide bonds. The maximum absolute atomic E-state index is 4.66. The quantitative estimate of drug-likeness (QED) is 0.906. The van der Waals surface area contributed by atoms with Gasteiger partial charge in [0.05, 0.1) is 5.69 Å². The molecule has 0 spiro atoms. The number of rotatable bonds is 4. The lowest BCUT2D eigenvalue weighted by molar-refractivity contribution is 0.202. The second kappa shape index (κ2) is 6.43.